The molecule has 7 nitrogen and oxygen atoms in total. The van der Waals surface area contributed by atoms with Gasteiger partial charge in [0.2, 0.25) is 0 Å². The highest BCUT2D eigenvalue weighted by atomic mass is 16.5. The smallest absolute Gasteiger partial charge is 0.323 e. The van der Waals surface area contributed by atoms with Crippen molar-refractivity contribution in [1.82, 2.24) is 0 Å². The monoisotopic (exact) mass is 396 g/mol. The van der Waals surface area contributed by atoms with Crippen LogP contribution in [0.5, 0.6) is 5.75 Å². The summed E-state index contributed by atoms with van der Waals surface area (Å²) in [7, 11) is 0. The minimum absolute atomic E-state index is 0.228. The van der Waals surface area contributed by atoms with Crippen LogP contribution in [0.15, 0.2) is 59.7 Å². The highest BCUT2D eigenvalue weighted by Gasteiger charge is 2.15. The zero-order valence-electron chi connectivity index (χ0n) is 16.6. The van der Waals surface area contributed by atoms with E-state index in [0.29, 0.717) is 19.6 Å². The fourth-order valence-electron chi connectivity index (χ4n) is 2.77. The summed E-state index contributed by atoms with van der Waals surface area (Å²) in [6.07, 6.45) is 4.35. The molecule has 0 saturated heterocycles. The van der Waals surface area contributed by atoms with Gasteiger partial charge in [-0.05, 0) is 48.1 Å². The van der Waals surface area contributed by atoms with Crippen LogP contribution in [0.3, 0.4) is 0 Å². The minimum Gasteiger partial charge on any atom is -0.494 e. The molecule has 2 aromatic carbocycles. The molecule has 0 aliphatic carbocycles. The van der Waals surface area contributed by atoms with Crippen LogP contribution in [-0.4, -0.2) is 25.2 Å². The molecule has 1 atom stereocenters. The van der Waals surface area contributed by atoms with Gasteiger partial charge in [-0.15, -0.1) is 0 Å². The van der Waals surface area contributed by atoms with E-state index in [9.17, 15) is 4.79 Å². The SMILES string of the molecule is [N-]=[N+]=NCCCCCCOc1ccc(CC(N)C(=O)OCc2ccccc2)cc1. The van der Waals surface area contributed by atoms with Crippen LogP contribution in [0, 0.1) is 0 Å². The van der Waals surface area contributed by atoms with Crippen LogP contribution in [0.2, 0.25) is 0 Å². The molecule has 2 N–H and O–H groups in total. The van der Waals surface area contributed by atoms with Gasteiger partial charge in [0.1, 0.15) is 18.4 Å². The van der Waals surface area contributed by atoms with Gasteiger partial charge in [-0.2, -0.15) is 0 Å². The van der Waals surface area contributed by atoms with Gasteiger partial charge in [-0.3, -0.25) is 4.79 Å². The zero-order chi connectivity index (χ0) is 20.7. The molecule has 0 aromatic heterocycles. The van der Waals surface area contributed by atoms with E-state index in [2.05, 4.69) is 10.0 Å². The number of hydrogen-bond acceptors (Lipinski definition) is 5. The maximum Gasteiger partial charge on any atom is 0.323 e. The van der Waals surface area contributed by atoms with E-state index in [1.165, 1.54) is 0 Å². The summed E-state index contributed by atoms with van der Waals surface area (Å²) < 4.78 is 11.0. The largest absolute Gasteiger partial charge is 0.494 e. The molecule has 0 heterocycles. The quantitative estimate of drug-likeness (QED) is 0.176. The van der Waals surface area contributed by atoms with E-state index < -0.39 is 12.0 Å². The van der Waals surface area contributed by atoms with Crippen molar-refractivity contribution < 1.29 is 14.3 Å². The van der Waals surface area contributed by atoms with Gasteiger partial charge in [0.15, 0.2) is 0 Å². The lowest BCUT2D eigenvalue weighted by Crippen LogP contribution is -2.34. The van der Waals surface area contributed by atoms with Crippen molar-refractivity contribution in [1.29, 1.82) is 0 Å². The molecule has 2 rings (SSSR count). The van der Waals surface area contributed by atoms with Crippen molar-refractivity contribution in [2.45, 2.75) is 44.8 Å². The number of carbonyl (C=O) groups excluding carboxylic acids is 1. The normalized spacial score (nSPS) is 11.3. The molecular weight excluding hydrogens is 368 g/mol. The van der Waals surface area contributed by atoms with Gasteiger partial charge in [0.25, 0.3) is 0 Å². The molecule has 0 amide bonds. The lowest BCUT2D eigenvalue weighted by molar-refractivity contribution is -0.146. The van der Waals surface area contributed by atoms with Crippen LogP contribution in [-0.2, 0) is 22.6 Å². The second-order valence-corrected chi connectivity index (χ2v) is 6.77. The maximum absolute atomic E-state index is 12.1. The van der Waals surface area contributed by atoms with Gasteiger partial charge < -0.3 is 15.2 Å². The third-order valence-corrected chi connectivity index (χ3v) is 4.39. The van der Waals surface area contributed by atoms with Crippen LogP contribution >= 0.6 is 0 Å². The molecule has 2 aromatic rings. The molecule has 154 valence electrons. The standard InChI is InChI=1S/C22H28N4O3/c23-21(22(27)29-17-19-8-4-3-5-9-19)16-18-10-12-20(13-11-18)28-15-7-2-1-6-14-25-26-24/h3-5,8-13,21H,1-2,6-7,14-17,23H2. The van der Waals surface area contributed by atoms with E-state index in [0.717, 1.165) is 42.6 Å². The number of benzene rings is 2. The number of ether oxygens (including phenoxy) is 2. The molecule has 0 spiro atoms. The molecule has 0 aliphatic rings. The number of carbonyl (C=O) groups is 1. The number of unbranched alkanes of at least 4 members (excludes halogenated alkanes) is 3. The molecule has 1 unspecified atom stereocenters. The van der Waals surface area contributed by atoms with Gasteiger partial charge in [0, 0.05) is 11.5 Å². The fourth-order valence-corrected chi connectivity index (χ4v) is 2.77. The molecule has 0 saturated carbocycles. The van der Waals surface area contributed by atoms with Crippen LogP contribution in [0.1, 0.15) is 36.8 Å². The average molecular weight is 396 g/mol. The third kappa shape index (κ3) is 9.14. The summed E-state index contributed by atoms with van der Waals surface area (Å²) in [5.74, 6) is 0.387. The Morgan fingerprint density at radius 1 is 1.00 bits per heavy atom. The number of nitrogens with zero attached hydrogens (tertiary/aromatic N) is 3. The molecule has 0 bridgehead atoms. The fraction of sp³-hybridized carbons (Fsp3) is 0.409. The predicted molar refractivity (Wildman–Crippen MR) is 112 cm³/mol. The summed E-state index contributed by atoms with van der Waals surface area (Å²) in [4.78, 5) is 14.8. The number of hydrogen-bond donors (Lipinski definition) is 1. The van der Waals surface area contributed by atoms with E-state index in [4.69, 9.17) is 20.7 Å². The third-order valence-electron chi connectivity index (χ3n) is 4.39. The van der Waals surface area contributed by atoms with Crippen molar-refractivity contribution in [2.24, 2.45) is 10.8 Å². The molecule has 7 heteroatoms. The summed E-state index contributed by atoms with van der Waals surface area (Å²) in [5, 5.41) is 3.51. The summed E-state index contributed by atoms with van der Waals surface area (Å²) in [6, 6.07) is 16.4. The van der Waals surface area contributed by atoms with Crippen molar-refractivity contribution >= 4 is 5.97 Å². The van der Waals surface area contributed by atoms with E-state index in [-0.39, 0.29) is 6.61 Å². The van der Waals surface area contributed by atoms with Crippen molar-refractivity contribution in [3.63, 3.8) is 0 Å². The maximum atomic E-state index is 12.1. The molecule has 0 fully saturated rings. The molecule has 29 heavy (non-hydrogen) atoms. The summed E-state index contributed by atoms with van der Waals surface area (Å²) in [6.45, 7) is 1.43. The Kier molecular flexibility index (Phi) is 10.1. The van der Waals surface area contributed by atoms with Crippen molar-refractivity contribution in [3.8, 4) is 5.75 Å². The topological polar surface area (TPSA) is 110 Å². The summed E-state index contributed by atoms with van der Waals surface area (Å²) in [5.41, 5.74) is 16.1. The van der Waals surface area contributed by atoms with Crippen LogP contribution < -0.4 is 10.5 Å². The first kappa shape index (κ1) is 22.3. The zero-order valence-corrected chi connectivity index (χ0v) is 16.6. The molecule has 0 aliphatic heterocycles. The van der Waals surface area contributed by atoms with Gasteiger partial charge in [0.05, 0.1) is 6.61 Å². The van der Waals surface area contributed by atoms with Gasteiger partial charge in [-0.1, -0.05) is 60.4 Å². The number of nitrogens with two attached hydrogens (primary N) is 1. The first-order valence-electron chi connectivity index (χ1n) is 9.88. The van der Waals surface area contributed by atoms with Crippen molar-refractivity contribution in [2.75, 3.05) is 13.2 Å². The van der Waals surface area contributed by atoms with Gasteiger partial charge in [-0.25, -0.2) is 0 Å². The number of esters is 1. The van der Waals surface area contributed by atoms with Crippen molar-refractivity contribution in [3.05, 3.63) is 76.2 Å². The van der Waals surface area contributed by atoms with Crippen LogP contribution in [0.4, 0.5) is 0 Å². The van der Waals surface area contributed by atoms with E-state index in [1.807, 2.05) is 54.6 Å². The Hall–Kier alpha value is -3.02. The van der Waals surface area contributed by atoms with E-state index >= 15 is 0 Å². The van der Waals surface area contributed by atoms with Gasteiger partial charge >= 0.3 is 5.97 Å². The Morgan fingerprint density at radius 3 is 2.45 bits per heavy atom. The minimum atomic E-state index is -0.698. The highest BCUT2D eigenvalue weighted by Crippen LogP contribution is 2.14. The predicted octanol–water partition coefficient (Wildman–Crippen LogP) is 4.55. The Bertz CT molecular complexity index is 774. The Morgan fingerprint density at radius 2 is 1.72 bits per heavy atom. The molecule has 0 radical (unpaired) electrons. The first-order valence-corrected chi connectivity index (χ1v) is 9.88. The summed E-state index contributed by atoms with van der Waals surface area (Å²) >= 11 is 0. The Labute approximate surface area is 171 Å². The van der Waals surface area contributed by atoms with E-state index in [1.54, 1.807) is 0 Å². The first-order chi connectivity index (χ1) is 14.2. The second-order valence-electron chi connectivity index (χ2n) is 6.77. The number of azide groups is 1. The molecular formula is C22H28N4O3. The Balaban J connectivity index is 1.64. The highest BCUT2D eigenvalue weighted by molar-refractivity contribution is 5.75. The number of rotatable bonds is 13. The average Bonchev–Trinajstić information content (AvgIpc) is 2.75. The lowest BCUT2D eigenvalue weighted by atomic mass is 10.1. The lowest BCUT2D eigenvalue weighted by Gasteiger charge is -2.12. The second kappa shape index (κ2) is 13.2. The van der Waals surface area contributed by atoms with Crippen LogP contribution in [0.25, 0.3) is 10.4 Å².